The largest absolute Gasteiger partial charge is 0.376 e. The summed E-state index contributed by atoms with van der Waals surface area (Å²) in [4.78, 5) is 28.8. The number of anilines is 1. The lowest BCUT2D eigenvalue weighted by Gasteiger charge is -2.36. The molecule has 1 aromatic heterocycles. The summed E-state index contributed by atoms with van der Waals surface area (Å²) < 4.78 is 6.05. The Bertz CT molecular complexity index is 1230. The third kappa shape index (κ3) is 4.44. The van der Waals surface area contributed by atoms with Crippen LogP contribution in [0.5, 0.6) is 0 Å². The first-order valence-electron chi connectivity index (χ1n) is 12.7. The second-order valence-corrected chi connectivity index (χ2v) is 10.7. The molecule has 2 aliphatic rings. The van der Waals surface area contributed by atoms with E-state index in [4.69, 9.17) is 4.74 Å². The Balaban J connectivity index is 1.35. The topological polar surface area (TPSA) is 87.3 Å². The van der Waals surface area contributed by atoms with Crippen molar-refractivity contribution in [1.82, 2.24) is 15.1 Å². The van der Waals surface area contributed by atoms with Gasteiger partial charge in [0.05, 0.1) is 36.9 Å². The van der Waals surface area contributed by atoms with Gasteiger partial charge in [0.1, 0.15) is 0 Å². The third-order valence-electron chi connectivity index (χ3n) is 7.87. The molecule has 188 valence electrons. The molecule has 0 saturated heterocycles. The zero-order valence-corrected chi connectivity index (χ0v) is 21.2. The Labute approximate surface area is 212 Å². The number of rotatable bonds is 8. The fraction of sp³-hybridized carbons (Fsp3) is 0.414. The lowest BCUT2D eigenvalue weighted by atomic mass is 9.70. The average Bonchev–Trinajstić information content (AvgIpc) is 3.38. The maximum absolute atomic E-state index is 14.0. The molecule has 2 N–H and O–H groups in total. The number of aromatic nitrogens is 2. The first-order valence-corrected chi connectivity index (χ1v) is 12.7. The summed E-state index contributed by atoms with van der Waals surface area (Å²) in [7, 11) is 0. The van der Waals surface area contributed by atoms with Crippen LogP contribution < -0.4 is 5.32 Å². The predicted molar refractivity (Wildman–Crippen MR) is 138 cm³/mol. The van der Waals surface area contributed by atoms with Gasteiger partial charge in [-0.2, -0.15) is 5.10 Å². The van der Waals surface area contributed by atoms with E-state index < -0.39 is 11.5 Å². The maximum Gasteiger partial charge on any atom is 0.233 e. The van der Waals surface area contributed by atoms with Crippen molar-refractivity contribution in [2.45, 2.75) is 64.6 Å². The smallest absolute Gasteiger partial charge is 0.233 e. The van der Waals surface area contributed by atoms with Crippen LogP contribution in [0.4, 0.5) is 5.82 Å². The highest BCUT2D eigenvalue weighted by molar-refractivity contribution is 5.96. The summed E-state index contributed by atoms with van der Waals surface area (Å²) in [5.74, 6) is 0.0790. The highest BCUT2D eigenvalue weighted by Crippen LogP contribution is 2.44. The van der Waals surface area contributed by atoms with Crippen molar-refractivity contribution in [2.75, 3.05) is 11.9 Å². The van der Waals surface area contributed by atoms with Crippen molar-refractivity contribution in [2.24, 2.45) is 5.41 Å². The van der Waals surface area contributed by atoms with Crippen LogP contribution in [0.1, 0.15) is 68.3 Å². The van der Waals surface area contributed by atoms with Crippen LogP contribution in [-0.4, -0.2) is 33.5 Å². The van der Waals surface area contributed by atoms with Gasteiger partial charge in [-0.05, 0) is 37.8 Å². The minimum absolute atomic E-state index is 0.00195. The van der Waals surface area contributed by atoms with E-state index in [2.05, 4.69) is 15.5 Å². The summed E-state index contributed by atoms with van der Waals surface area (Å²) >= 11 is 0. The predicted octanol–water partition coefficient (Wildman–Crippen LogP) is 5.12. The lowest BCUT2D eigenvalue weighted by Crippen LogP contribution is -2.44. The van der Waals surface area contributed by atoms with Gasteiger partial charge in [0, 0.05) is 11.0 Å². The van der Waals surface area contributed by atoms with Crippen molar-refractivity contribution >= 4 is 17.6 Å². The number of amides is 2. The second-order valence-electron chi connectivity index (χ2n) is 10.7. The highest BCUT2D eigenvalue weighted by Gasteiger charge is 2.46. The van der Waals surface area contributed by atoms with Crippen LogP contribution in [0, 0.1) is 5.41 Å². The zero-order valence-electron chi connectivity index (χ0n) is 21.2. The van der Waals surface area contributed by atoms with E-state index in [1.165, 1.54) is 0 Å². The van der Waals surface area contributed by atoms with Gasteiger partial charge < -0.3 is 15.0 Å². The molecule has 1 saturated carbocycles. The molecule has 1 fully saturated rings. The molecule has 36 heavy (non-hydrogen) atoms. The summed E-state index contributed by atoms with van der Waals surface area (Å²) in [5, 5.41) is 10.5. The Morgan fingerprint density at radius 2 is 1.72 bits per heavy atom. The molecule has 7 nitrogen and oxygen atoms in total. The number of carbonyl (C=O) groups is 2. The normalized spacial score (nSPS) is 18.2. The zero-order chi connectivity index (χ0) is 25.3. The van der Waals surface area contributed by atoms with Crippen LogP contribution in [0.15, 0.2) is 60.7 Å². The Morgan fingerprint density at radius 3 is 2.36 bits per heavy atom. The molecule has 2 amide bonds. The average molecular weight is 487 g/mol. The Morgan fingerprint density at radius 1 is 1.06 bits per heavy atom. The fourth-order valence-electron chi connectivity index (χ4n) is 5.22. The van der Waals surface area contributed by atoms with Crippen LogP contribution in [0.3, 0.4) is 0 Å². The molecule has 0 bridgehead atoms. The van der Waals surface area contributed by atoms with Crippen LogP contribution >= 0.6 is 0 Å². The Hall–Kier alpha value is -3.45. The summed E-state index contributed by atoms with van der Waals surface area (Å²) in [5.41, 5.74) is 2.80. The number of nitrogens with zero attached hydrogens (tertiary/aromatic N) is 2. The third-order valence-corrected chi connectivity index (χ3v) is 7.87. The quantitative estimate of drug-likeness (QED) is 0.463. The number of fused-ring (bicyclic) bond motifs is 1. The number of aromatic amines is 1. The summed E-state index contributed by atoms with van der Waals surface area (Å²) in [6.07, 6.45) is 2.86. The number of carbonyl (C=O) groups excluding carboxylic acids is 2. The van der Waals surface area contributed by atoms with E-state index in [9.17, 15) is 9.59 Å². The van der Waals surface area contributed by atoms with E-state index in [0.29, 0.717) is 19.0 Å². The number of benzene rings is 2. The molecule has 2 heterocycles. The van der Waals surface area contributed by atoms with Gasteiger partial charge in [0.2, 0.25) is 11.8 Å². The molecule has 2 aromatic carbocycles. The molecule has 0 spiro atoms. The molecule has 5 rings (SSSR count). The molecular formula is C29H34N4O3. The van der Waals surface area contributed by atoms with Crippen LogP contribution in [0.2, 0.25) is 0 Å². The van der Waals surface area contributed by atoms with E-state index in [1.54, 1.807) is 0 Å². The van der Waals surface area contributed by atoms with Crippen molar-refractivity contribution in [3.63, 3.8) is 0 Å². The number of hydrogen-bond donors (Lipinski definition) is 2. The van der Waals surface area contributed by atoms with Crippen molar-refractivity contribution in [3.05, 3.63) is 83.0 Å². The number of hydrogen-bond acceptors (Lipinski definition) is 4. The van der Waals surface area contributed by atoms with Gasteiger partial charge in [-0.25, -0.2) is 0 Å². The first-order chi connectivity index (χ1) is 17.3. The minimum Gasteiger partial charge on any atom is -0.376 e. The number of nitrogens with one attached hydrogen (secondary N) is 2. The van der Waals surface area contributed by atoms with Gasteiger partial charge in [0.15, 0.2) is 5.82 Å². The van der Waals surface area contributed by atoms with Gasteiger partial charge in [0.25, 0.3) is 0 Å². The molecule has 3 aromatic rings. The molecule has 1 atom stereocenters. The fourth-order valence-corrected chi connectivity index (χ4v) is 5.22. The number of H-pyrrole nitrogens is 1. The molecule has 1 aliphatic carbocycles. The monoisotopic (exact) mass is 486 g/mol. The summed E-state index contributed by atoms with van der Waals surface area (Å²) in [6, 6.07) is 19.8. The van der Waals surface area contributed by atoms with E-state index in [1.807, 2.05) is 86.3 Å². The van der Waals surface area contributed by atoms with Crippen molar-refractivity contribution in [1.29, 1.82) is 0 Å². The van der Waals surface area contributed by atoms with Gasteiger partial charge in [-0.1, -0.05) is 74.0 Å². The Kier molecular flexibility index (Phi) is 6.43. The SMILES string of the molecule is CC1(C(=O)Nc2n[nH]c3c2CN(C(=O)C(COCc2ccccc2)c2ccccc2)C3(C)C)CCC1. The maximum atomic E-state index is 14.0. The molecule has 0 radical (unpaired) electrons. The van der Waals surface area contributed by atoms with E-state index in [0.717, 1.165) is 41.6 Å². The first kappa shape index (κ1) is 24.3. The van der Waals surface area contributed by atoms with Gasteiger partial charge >= 0.3 is 0 Å². The van der Waals surface area contributed by atoms with Crippen molar-refractivity contribution in [3.8, 4) is 0 Å². The van der Waals surface area contributed by atoms with Crippen LogP contribution in [0.25, 0.3) is 0 Å². The molecule has 1 unspecified atom stereocenters. The van der Waals surface area contributed by atoms with Gasteiger partial charge in [-0.15, -0.1) is 0 Å². The lowest BCUT2D eigenvalue weighted by molar-refractivity contribution is -0.140. The second kappa shape index (κ2) is 9.54. The molecular weight excluding hydrogens is 452 g/mol. The van der Waals surface area contributed by atoms with E-state index >= 15 is 0 Å². The summed E-state index contributed by atoms with van der Waals surface area (Å²) in [6.45, 7) is 7.13. The van der Waals surface area contributed by atoms with Crippen LogP contribution in [-0.2, 0) is 33.0 Å². The van der Waals surface area contributed by atoms with Crippen molar-refractivity contribution < 1.29 is 14.3 Å². The van der Waals surface area contributed by atoms with Gasteiger partial charge in [-0.3, -0.25) is 14.7 Å². The standard InChI is InChI=1S/C29H34N4O3/c1-28(2)24-22(25(32-31-24)30-27(35)29(3)15-10-16-29)17-33(28)26(34)23(21-13-8-5-9-14-21)19-36-18-20-11-6-4-7-12-20/h4-9,11-14,23H,10,15-19H2,1-3H3,(H2,30,31,32,35). The highest BCUT2D eigenvalue weighted by atomic mass is 16.5. The molecule has 7 heteroatoms. The number of ether oxygens (including phenoxy) is 1. The minimum atomic E-state index is -0.602. The van der Waals surface area contributed by atoms with E-state index in [-0.39, 0.29) is 23.8 Å². The molecule has 1 aliphatic heterocycles.